The smallest absolute Gasteiger partial charge is 0.317 e. The minimum atomic E-state index is 0.0647. The maximum atomic E-state index is 11.7. The van der Waals surface area contributed by atoms with Crippen molar-refractivity contribution in [3.8, 4) is 0 Å². The molecule has 1 saturated heterocycles. The van der Waals surface area contributed by atoms with Gasteiger partial charge >= 0.3 is 6.03 Å². The van der Waals surface area contributed by atoms with Gasteiger partial charge in [0.1, 0.15) is 0 Å². The molecule has 0 bridgehead atoms. The number of unbranched alkanes of at least 4 members (excludes halogenated alkanes) is 1. The Morgan fingerprint density at radius 3 is 2.40 bits per heavy atom. The van der Waals surface area contributed by atoms with Gasteiger partial charge in [-0.1, -0.05) is 12.8 Å². The minimum absolute atomic E-state index is 0.0647. The SMILES string of the molecule is O=C(NCCCCO)N1CCCCCC1. The fourth-order valence-corrected chi connectivity index (χ4v) is 1.82. The first-order valence-electron chi connectivity index (χ1n) is 5.98. The number of aliphatic hydroxyl groups is 1. The van der Waals surface area contributed by atoms with E-state index in [1.807, 2.05) is 4.90 Å². The first-order valence-corrected chi connectivity index (χ1v) is 5.98. The fourth-order valence-electron chi connectivity index (χ4n) is 1.82. The molecule has 0 saturated carbocycles. The van der Waals surface area contributed by atoms with Crippen LogP contribution in [0.25, 0.3) is 0 Å². The average molecular weight is 214 g/mol. The lowest BCUT2D eigenvalue weighted by atomic mass is 10.2. The third-order valence-electron chi connectivity index (χ3n) is 2.75. The topological polar surface area (TPSA) is 52.6 Å². The fraction of sp³-hybridized carbons (Fsp3) is 0.909. The molecule has 0 aliphatic carbocycles. The summed E-state index contributed by atoms with van der Waals surface area (Å²) in [4.78, 5) is 13.6. The monoisotopic (exact) mass is 214 g/mol. The largest absolute Gasteiger partial charge is 0.396 e. The van der Waals surface area contributed by atoms with E-state index in [2.05, 4.69) is 5.32 Å². The van der Waals surface area contributed by atoms with Crippen molar-refractivity contribution in [1.29, 1.82) is 0 Å². The number of amides is 2. The molecule has 88 valence electrons. The quantitative estimate of drug-likeness (QED) is 0.694. The van der Waals surface area contributed by atoms with E-state index in [1.54, 1.807) is 0 Å². The molecule has 1 aliphatic rings. The van der Waals surface area contributed by atoms with Crippen molar-refractivity contribution < 1.29 is 9.90 Å². The Morgan fingerprint density at radius 2 is 1.80 bits per heavy atom. The highest BCUT2D eigenvalue weighted by Crippen LogP contribution is 2.09. The van der Waals surface area contributed by atoms with Gasteiger partial charge in [0.25, 0.3) is 0 Å². The Morgan fingerprint density at radius 1 is 1.13 bits per heavy atom. The molecule has 1 fully saturated rings. The molecular weight excluding hydrogens is 192 g/mol. The van der Waals surface area contributed by atoms with E-state index in [0.717, 1.165) is 38.8 Å². The second kappa shape index (κ2) is 7.51. The molecule has 0 aromatic carbocycles. The van der Waals surface area contributed by atoms with Crippen molar-refractivity contribution in [2.24, 2.45) is 0 Å². The van der Waals surface area contributed by atoms with Gasteiger partial charge < -0.3 is 15.3 Å². The lowest BCUT2D eigenvalue weighted by molar-refractivity contribution is 0.199. The lowest BCUT2D eigenvalue weighted by Gasteiger charge is -2.20. The van der Waals surface area contributed by atoms with Crippen molar-refractivity contribution in [2.45, 2.75) is 38.5 Å². The molecule has 0 atom stereocenters. The van der Waals surface area contributed by atoms with E-state index < -0.39 is 0 Å². The van der Waals surface area contributed by atoms with Gasteiger partial charge in [0, 0.05) is 26.2 Å². The highest BCUT2D eigenvalue weighted by molar-refractivity contribution is 5.74. The van der Waals surface area contributed by atoms with Gasteiger partial charge in [0.05, 0.1) is 0 Å². The van der Waals surface area contributed by atoms with Gasteiger partial charge in [-0.05, 0) is 25.7 Å². The zero-order chi connectivity index (χ0) is 10.9. The van der Waals surface area contributed by atoms with Crippen LogP contribution in [0.3, 0.4) is 0 Å². The number of aliphatic hydroxyl groups excluding tert-OH is 1. The minimum Gasteiger partial charge on any atom is -0.396 e. The van der Waals surface area contributed by atoms with Gasteiger partial charge in [-0.15, -0.1) is 0 Å². The molecule has 0 aromatic rings. The van der Waals surface area contributed by atoms with Gasteiger partial charge in [0.15, 0.2) is 0 Å². The van der Waals surface area contributed by atoms with Crippen LogP contribution in [-0.4, -0.2) is 42.3 Å². The van der Waals surface area contributed by atoms with Crippen LogP contribution in [-0.2, 0) is 0 Å². The predicted octanol–water partition coefficient (Wildman–Crippen LogP) is 1.34. The van der Waals surface area contributed by atoms with Crippen molar-refractivity contribution in [2.75, 3.05) is 26.2 Å². The normalized spacial score (nSPS) is 17.3. The van der Waals surface area contributed by atoms with E-state index in [-0.39, 0.29) is 12.6 Å². The molecule has 0 radical (unpaired) electrons. The van der Waals surface area contributed by atoms with E-state index >= 15 is 0 Å². The van der Waals surface area contributed by atoms with Crippen LogP contribution >= 0.6 is 0 Å². The maximum Gasteiger partial charge on any atom is 0.317 e. The molecule has 1 rings (SSSR count). The molecule has 1 aliphatic heterocycles. The molecular formula is C11H22N2O2. The van der Waals surface area contributed by atoms with Crippen LogP contribution in [0.15, 0.2) is 0 Å². The molecule has 0 spiro atoms. The van der Waals surface area contributed by atoms with Gasteiger partial charge in [-0.3, -0.25) is 0 Å². The summed E-state index contributed by atoms with van der Waals surface area (Å²) < 4.78 is 0. The van der Waals surface area contributed by atoms with Crippen LogP contribution in [0.2, 0.25) is 0 Å². The summed E-state index contributed by atoms with van der Waals surface area (Å²) in [6.07, 6.45) is 6.37. The first-order chi connectivity index (χ1) is 7.34. The highest BCUT2D eigenvalue weighted by Gasteiger charge is 2.14. The second-order valence-electron chi connectivity index (χ2n) is 4.06. The maximum absolute atomic E-state index is 11.7. The standard InChI is InChI=1S/C11H22N2O2/c14-10-6-3-7-12-11(15)13-8-4-1-2-5-9-13/h14H,1-10H2,(H,12,15). The highest BCUT2D eigenvalue weighted by atomic mass is 16.3. The summed E-state index contributed by atoms with van der Waals surface area (Å²) in [6, 6.07) is 0.0647. The van der Waals surface area contributed by atoms with Crippen molar-refractivity contribution in [3.05, 3.63) is 0 Å². The molecule has 0 aromatic heterocycles. The van der Waals surface area contributed by atoms with E-state index in [0.29, 0.717) is 6.54 Å². The zero-order valence-electron chi connectivity index (χ0n) is 9.37. The molecule has 2 N–H and O–H groups in total. The van der Waals surface area contributed by atoms with Crippen molar-refractivity contribution in [3.63, 3.8) is 0 Å². The van der Waals surface area contributed by atoms with E-state index in [1.165, 1.54) is 12.8 Å². The van der Waals surface area contributed by atoms with Crippen molar-refractivity contribution >= 4 is 6.03 Å². The number of carbonyl (C=O) groups is 1. The number of hydrogen-bond acceptors (Lipinski definition) is 2. The van der Waals surface area contributed by atoms with E-state index in [9.17, 15) is 4.79 Å². The molecule has 15 heavy (non-hydrogen) atoms. The van der Waals surface area contributed by atoms with Crippen LogP contribution in [0.5, 0.6) is 0 Å². The Balaban J connectivity index is 2.14. The number of nitrogens with zero attached hydrogens (tertiary/aromatic N) is 1. The van der Waals surface area contributed by atoms with Gasteiger partial charge in [-0.2, -0.15) is 0 Å². The van der Waals surface area contributed by atoms with Gasteiger partial charge in [0.2, 0.25) is 0 Å². The van der Waals surface area contributed by atoms with Crippen LogP contribution < -0.4 is 5.32 Å². The Bertz CT molecular complexity index is 177. The summed E-state index contributed by atoms with van der Waals surface area (Å²) >= 11 is 0. The first kappa shape index (κ1) is 12.3. The molecule has 4 heteroatoms. The summed E-state index contributed by atoms with van der Waals surface area (Å²) in [7, 11) is 0. The molecule has 1 heterocycles. The third kappa shape index (κ3) is 5.02. The molecule has 4 nitrogen and oxygen atoms in total. The van der Waals surface area contributed by atoms with Crippen LogP contribution in [0.4, 0.5) is 4.79 Å². The summed E-state index contributed by atoms with van der Waals surface area (Å²) in [5.74, 6) is 0. The average Bonchev–Trinajstić information content (AvgIpc) is 2.52. The van der Waals surface area contributed by atoms with E-state index in [4.69, 9.17) is 5.11 Å². The zero-order valence-corrected chi connectivity index (χ0v) is 9.37. The second-order valence-corrected chi connectivity index (χ2v) is 4.06. The molecule has 2 amide bonds. The predicted molar refractivity (Wildman–Crippen MR) is 59.8 cm³/mol. The Kier molecular flexibility index (Phi) is 6.16. The molecule has 0 unspecified atom stereocenters. The Hall–Kier alpha value is -0.770. The number of urea groups is 1. The summed E-state index contributed by atoms with van der Waals surface area (Å²) in [5.41, 5.74) is 0. The summed E-state index contributed by atoms with van der Waals surface area (Å²) in [5, 5.41) is 11.5. The van der Waals surface area contributed by atoms with Crippen LogP contribution in [0.1, 0.15) is 38.5 Å². The van der Waals surface area contributed by atoms with Gasteiger partial charge in [-0.25, -0.2) is 4.79 Å². The third-order valence-corrected chi connectivity index (χ3v) is 2.75. The Labute approximate surface area is 91.6 Å². The number of nitrogens with one attached hydrogen (secondary N) is 1. The number of rotatable bonds is 4. The van der Waals surface area contributed by atoms with Crippen molar-refractivity contribution in [1.82, 2.24) is 10.2 Å². The number of likely N-dealkylation sites (tertiary alicyclic amines) is 1. The summed E-state index contributed by atoms with van der Waals surface area (Å²) in [6.45, 7) is 2.67. The number of carbonyl (C=O) groups excluding carboxylic acids is 1. The van der Waals surface area contributed by atoms with Crippen LogP contribution in [0, 0.1) is 0 Å². The lowest BCUT2D eigenvalue weighted by Crippen LogP contribution is -2.40. The number of hydrogen-bond donors (Lipinski definition) is 2.